The van der Waals surface area contributed by atoms with Crippen LogP contribution in [0.5, 0.6) is 0 Å². The molecular weight excluding hydrogens is 612 g/mol. The van der Waals surface area contributed by atoms with Gasteiger partial charge in [0.2, 0.25) is 0 Å². The largest absolute Gasteiger partial charge is 0.458 e. The lowest BCUT2D eigenvalue weighted by molar-refractivity contribution is -0.342. The molecule has 0 spiro atoms. The second kappa shape index (κ2) is 12.4. The molecule has 12 nitrogen and oxygen atoms in total. The normalized spacial score (nSPS) is 53.0. The zero-order valence-electron chi connectivity index (χ0n) is 27.6. The topological polar surface area (TPSA) is 185 Å². The molecule has 3 heterocycles. The van der Waals surface area contributed by atoms with Crippen LogP contribution in [0.2, 0.25) is 0 Å². The molecule has 5 fully saturated rings. The van der Waals surface area contributed by atoms with Crippen molar-refractivity contribution in [3.8, 4) is 0 Å². The SMILES string of the molecule is CC1OC(OC2C=C3CCC4C(CCC5(C)C(C6=CC(=O)OC6)CCC45O)C3(C)CC2)CC(O)C1OC1OC(CO)C(O)C(O)C1O. The van der Waals surface area contributed by atoms with Crippen molar-refractivity contribution in [1.29, 1.82) is 0 Å². The van der Waals surface area contributed by atoms with Gasteiger partial charge in [-0.15, -0.1) is 0 Å². The van der Waals surface area contributed by atoms with E-state index in [1.165, 1.54) is 5.57 Å². The quantitative estimate of drug-likeness (QED) is 0.177. The lowest BCUT2D eigenvalue weighted by Crippen LogP contribution is -2.61. The van der Waals surface area contributed by atoms with Crippen LogP contribution in [0.4, 0.5) is 0 Å². The summed E-state index contributed by atoms with van der Waals surface area (Å²) in [5.74, 6) is 0.464. The number of hydrogen-bond acceptors (Lipinski definition) is 12. The standard InChI is InChI=1S/C35H52O12/c1-17-31(47-32-30(41)29(40)28(39)25(15-36)46-32)24(37)14-27(44-17)45-20-6-9-33(2)19(13-20)4-5-23-22(33)7-10-34(3)21(8-11-35(23,34)42)18-12-26(38)43-16-18/h12-13,17,20-25,27-32,36-37,39-42H,4-11,14-16H2,1-3H3. The van der Waals surface area contributed by atoms with Gasteiger partial charge in [0, 0.05) is 17.9 Å². The predicted molar refractivity (Wildman–Crippen MR) is 164 cm³/mol. The number of fused-ring (bicyclic) bond motifs is 5. The molecule has 2 saturated heterocycles. The maximum atomic E-state index is 12.5. The molecule has 12 heteroatoms. The average Bonchev–Trinajstić information content (AvgIpc) is 3.58. The van der Waals surface area contributed by atoms with Crippen molar-refractivity contribution >= 4 is 5.97 Å². The molecule has 16 unspecified atom stereocenters. The van der Waals surface area contributed by atoms with Gasteiger partial charge in [0.15, 0.2) is 12.6 Å². The molecule has 0 aromatic rings. The third-order valence-corrected chi connectivity index (χ3v) is 13.5. The Kier molecular flexibility index (Phi) is 8.97. The van der Waals surface area contributed by atoms with E-state index in [-0.39, 0.29) is 41.2 Å². The predicted octanol–water partition coefficient (Wildman–Crippen LogP) is 1.23. The summed E-state index contributed by atoms with van der Waals surface area (Å²) in [6, 6.07) is 0. The fourth-order valence-corrected chi connectivity index (χ4v) is 10.8. The Balaban J connectivity index is 0.988. The Hall–Kier alpha value is -1.45. The van der Waals surface area contributed by atoms with Gasteiger partial charge in [0.1, 0.15) is 37.1 Å². The van der Waals surface area contributed by atoms with Gasteiger partial charge in [-0.1, -0.05) is 25.5 Å². The molecule has 0 bridgehead atoms. The molecule has 3 saturated carbocycles. The molecular formula is C35H52O12. The summed E-state index contributed by atoms with van der Waals surface area (Å²) in [6.07, 6.45) is 0.641. The summed E-state index contributed by atoms with van der Waals surface area (Å²) < 4.78 is 29.1. The van der Waals surface area contributed by atoms with Gasteiger partial charge in [-0.3, -0.25) is 0 Å². The Morgan fingerprint density at radius 3 is 2.43 bits per heavy atom. The number of allylic oxidation sites excluding steroid dienone is 1. The molecule has 4 aliphatic carbocycles. The number of ether oxygens (including phenoxy) is 5. The number of aliphatic hydroxyl groups excluding tert-OH is 5. The highest BCUT2D eigenvalue weighted by Crippen LogP contribution is 2.69. The summed E-state index contributed by atoms with van der Waals surface area (Å²) >= 11 is 0. The van der Waals surface area contributed by atoms with Crippen molar-refractivity contribution in [2.24, 2.45) is 28.6 Å². The van der Waals surface area contributed by atoms with Gasteiger partial charge in [0.25, 0.3) is 0 Å². The molecule has 0 radical (unpaired) electrons. The first kappa shape index (κ1) is 34.0. The second-order valence-corrected chi connectivity index (χ2v) is 15.7. The van der Waals surface area contributed by atoms with E-state index in [2.05, 4.69) is 19.9 Å². The number of esters is 1. The Morgan fingerprint density at radius 1 is 0.936 bits per heavy atom. The third-order valence-electron chi connectivity index (χ3n) is 13.5. The molecule has 16 atom stereocenters. The van der Waals surface area contributed by atoms with E-state index >= 15 is 0 Å². The average molecular weight is 665 g/mol. The van der Waals surface area contributed by atoms with E-state index in [0.29, 0.717) is 12.5 Å². The summed E-state index contributed by atoms with van der Waals surface area (Å²) in [7, 11) is 0. The highest BCUT2D eigenvalue weighted by molar-refractivity contribution is 5.85. The minimum atomic E-state index is -1.58. The van der Waals surface area contributed by atoms with E-state index in [0.717, 1.165) is 56.9 Å². The number of hydrogen-bond donors (Lipinski definition) is 6. The molecule has 0 amide bonds. The summed E-state index contributed by atoms with van der Waals surface area (Å²) in [6.45, 7) is 6.11. The molecule has 7 rings (SSSR count). The summed E-state index contributed by atoms with van der Waals surface area (Å²) in [5, 5.41) is 63.6. The van der Waals surface area contributed by atoms with Crippen LogP contribution in [0.25, 0.3) is 0 Å². The van der Waals surface area contributed by atoms with Crippen LogP contribution in [0.1, 0.15) is 78.6 Å². The molecule has 3 aliphatic heterocycles. The molecule has 7 aliphatic rings. The van der Waals surface area contributed by atoms with Crippen molar-refractivity contribution < 1.29 is 59.1 Å². The summed E-state index contributed by atoms with van der Waals surface area (Å²) in [4.78, 5) is 11.9. The van der Waals surface area contributed by atoms with Crippen molar-refractivity contribution in [2.75, 3.05) is 13.2 Å². The fourth-order valence-electron chi connectivity index (χ4n) is 10.8. The third kappa shape index (κ3) is 5.46. The van der Waals surface area contributed by atoms with Crippen LogP contribution in [-0.4, -0.2) is 117 Å². The highest BCUT2D eigenvalue weighted by Gasteiger charge is 2.67. The number of cyclic esters (lactones) is 1. The minimum Gasteiger partial charge on any atom is -0.458 e. The zero-order valence-corrected chi connectivity index (χ0v) is 27.6. The molecule has 264 valence electrons. The highest BCUT2D eigenvalue weighted by atomic mass is 16.7. The fraction of sp³-hybridized carbons (Fsp3) is 0.857. The van der Waals surface area contributed by atoms with Gasteiger partial charge < -0.3 is 54.3 Å². The van der Waals surface area contributed by atoms with Crippen molar-refractivity contribution in [3.63, 3.8) is 0 Å². The maximum absolute atomic E-state index is 12.5. The Morgan fingerprint density at radius 2 is 1.72 bits per heavy atom. The molecule has 47 heavy (non-hydrogen) atoms. The van der Waals surface area contributed by atoms with E-state index in [1.54, 1.807) is 13.0 Å². The van der Waals surface area contributed by atoms with Crippen LogP contribution < -0.4 is 0 Å². The van der Waals surface area contributed by atoms with E-state index < -0.39 is 67.5 Å². The van der Waals surface area contributed by atoms with Gasteiger partial charge in [-0.2, -0.15) is 0 Å². The smallest absolute Gasteiger partial charge is 0.331 e. The van der Waals surface area contributed by atoms with Gasteiger partial charge in [0.05, 0.1) is 30.5 Å². The number of rotatable bonds is 6. The zero-order chi connectivity index (χ0) is 33.5. The minimum absolute atomic E-state index is 0.0335. The Bertz CT molecular complexity index is 1260. The maximum Gasteiger partial charge on any atom is 0.331 e. The molecule has 0 aromatic heterocycles. The lowest BCUT2D eigenvalue weighted by atomic mass is 9.45. The van der Waals surface area contributed by atoms with Crippen LogP contribution in [0, 0.1) is 28.6 Å². The number of aliphatic hydroxyl groups is 6. The van der Waals surface area contributed by atoms with E-state index in [4.69, 9.17) is 23.7 Å². The van der Waals surface area contributed by atoms with Gasteiger partial charge in [-0.05, 0) is 87.0 Å². The van der Waals surface area contributed by atoms with Crippen molar-refractivity contribution in [1.82, 2.24) is 0 Å². The molecule has 6 N–H and O–H groups in total. The van der Waals surface area contributed by atoms with Crippen LogP contribution in [-0.2, 0) is 28.5 Å². The van der Waals surface area contributed by atoms with Crippen LogP contribution in [0.3, 0.4) is 0 Å². The lowest BCUT2D eigenvalue weighted by Gasteiger charge is -2.62. The first-order valence-electron chi connectivity index (χ1n) is 17.5. The van der Waals surface area contributed by atoms with E-state index in [9.17, 15) is 35.4 Å². The first-order chi connectivity index (χ1) is 22.3. The van der Waals surface area contributed by atoms with Gasteiger partial charge in [-0.25, -0.2) is 4.79 Å². The van der Waals surface area contributed by atoms with Crippen molar-refractivity contribution in [3.05, 3.63) is 23.3 Å². The van der Waals surface area contributed by atoms with Gasteiger partial charge >= 0.3 is 5.97 Å². The van der Waals surface area contributed by atoms with E-state index in [1.807, 2.05) is 0 Å². The van der Waals surface area contributed by atoms with Crippen molar-refractivity contribution in [2.45, 2.75) is 146 Å². The first-order valence-corrected chi connectivity index (χ1v) is 17.5. The van der Waals surface area contributed by atoms with Crippen LogP contribution >= 0.6 is 0 Å². The Labute approximate surface area is 275 Å². The molecule has 0 aromatic carbocycles. The monoisotopic (exact) mass is 664 g/mol. The van der Waals surface area contributed by atoms with Crippen LogP contribution in [0.15, 0.2) is 23.3 Å². The summed E-state index contributed by atoms with van der Waals surface area (Å²) in [5.41, 5.74) is 1.34. The number of carbonyl (C=O) groups is 1. The second-order valence-electron chi connectivity index (χ2n) is 15.7. The number of carbonyl (C=O) groups excluding carboxylic acids is 1.